The highest BCUT2D eigenvalue weighted by molar-refractivity contribution is 5.30. The lowest BCUT2D eigenvalue weighted by Gasteiger charge is -2.17. The van der Waals surface area contributed by atoms with E-state index in [-0.39, 0.29) is 0 Å². The van der Waals surface area contributed by atoms with Crippen molar-refractivity contribution in [2.24, 2.45) is 5.41 Å². The lowest BCUT2D eigenvalue weighted by molar-refractivity contribution is 0.415. The maximum atomic E-state index is 5.57. The van der Waals surface area contributed by atoms with Crippen molar-refractivity contribution >= 4 is 6.01 Å². The largest absolute Gasteiger partial charge is 0.432 e. The predicted octanol–water partition coefficient (Wildman–Crippen LogP) is 2.16. The van der Waals surface area contributed by atoms with Crippen LogP contribution in [-0.4, -0.2) is 24.1 Å². The van der Waals surface area contributed by atoms with Gasteiger partial charge in [0.1, 0.15) is 6.26 Å². The molecule has 2 aliphatic rings. The van der Waals surface area contributed by atoms with E-state index < -0.39 is 0 Å². The summed E-state index contributed by atoms with van der Waals surface area (Å²) in [5, 5.41) is 3.45. The third-order valence-electron chi connectivity index (χ3n) is 3.64. The fourth-order valence-corrected chi connectivity index (χ4v) is 2.33. The fraction of sp³-hybridized carbons (Fsp3) is 0.769. The number of hydrogen-bond donors (Lipinski definition) is 1. The molecule has 1 saturated carbocycles. The molecule has 0 aromatic carbocycles. The number of hydrogen-bond acceptors (Lipinski definition) is 4. The second kappa shape index (κ2) is 4.02. The summed E-state index contributed by atoms with van der Waals surface area (Å²) < 4.78 is 5.57. The van der Waals surface area contributed by atoms with Crippen molar-refractivity contribution in [1.82, 2.24) is 10.3 Å². The van der Waals surface area contributed by atoms with Crippen LogP contribution < -0.4 is 10.2 Å². The first-order valence-electron chi connectivity index (χ1n) is 6.55. The van der Waals surface area contributed by atoms with E-state index in [1.165, 1.54) is 19.3 Å². The molecule has 1 aromatic heterocycles. The normalized spacial score (nSPS) is 23.3. The van der Waals surface area contributed by atoms with Crippen molar-refractivity contribution in [3.8, 4) is 0 Å². The van der Waals surface area contributed by atoms with Crippen LogP contribution >= 0.6 is 0 Å². The van der Waals surface area contributed by atoms with Gasteiger partial charge >= 0.3 is 0 Å². The van der Waals surface area contributed by atoms with Gasteiger partial charge in [-0.1, -0.05) is 13.8 Å². The van der Waals surface area contributed by atoms with E-state index >= 15 is 0 Å². The number of nitrogens with one attached hydrogen (secondary N) is 1. The fourth-order valence-electron chi connectivity index (χ4n) is 2.33. The Kier molecular flexibility index (Phi) is 2.62. The molecule has 2 fully saturated rings. The Bertz CT molecular complexity index is 395. The minimum Gasteiger partial charge on any atom is -0.432 e. The summed E-state index contributed by atoms with van der Waals surface area (Å²) in [6, 6.07) is 1.52. The molecule has 0 radical (unpaired) electrons. The van der Waals surface area contributed by atoms with Gasteiger partial charge in [-0.15, -0.1) is 0 Å². The van der Waals surface area contributed by atoms with Crippen molar-refractivity contribution in [1.29, 1.82) is 0 Å². The Morgan fingerprint density at radius 2 is 2.35 bits per heavy atom. The zero-order valence-electron chi connectivity index (χ0n) is 10.7. The smallest absolute Gasteiger partial charge is 0.297 e. The quantitative estimate of drug-likeness (QED) is 0.868. The van der Waals surface area contributed by atoms with E-state index in [0.29, 0.717) is 5.41 Å². The lowest BCUT2D eigenvalue weighted by atomic mass is 9.93. The van der Waals surface area contributed by atoms with E-state index in [1.807, 2.05) is 0 Å². The first-order chi connectivity index (χ1) is 8.12. The van der Waals surface area contributed by atoms with Gasteiger partial charge in [-0.05, 0) is 24.7 Å². The highest BCUT2D eigenvalue weighted by Crippen LogP contribution is 2.32. The first kappa shape index (κ1) is 11.1. The van der Waals surface area contributed by atoms with Gasteiger partial charge in [-0.25, -0.2) is 0 Å². The summed E-state index contributed by atoms with van der Waals surface area (Å²) in [5.74, 6) is 0. The van der Waals surface area contributed by atoms with Crippen molar-refractivity contribution in [2.75, 3.05) is 18.0 Å². The van der Waals surface area contributed by atoms with Gasteiger partial charge in [-0.3, -0.25) is 0 Å². The second-order valence-electron chi connectivity index (χ2n) is 6.11. The summed E-state index contributed by atoms with van der Waals surface area (Å²) in [6.45, 7) is 7.54. The standard InChI is InChI=1S/C13H21N3O/c1-13(2)5-6-16(9-13)12-15-11(8-17-12)7-14-10-3-4-10/h8,10,14H,3-7,9H2,1-2H3. The van der Waals surface area contributed by atoms with E-state index in [2.05, 4.69) is 29.0 Å². The molecule has 0 bridgehead atoms. The number of aromatic nitrogens is 1. The Balaban J connectivity index is 1.59. The topological polar surface area (TPSA) is 41.3 Å². The molecule has 1 N–H and O–H groups in total. The molecule has 0 unspecified atom stereocenters. The predicted molar refractivity (Wildman–Crippen MR) is 67.0 cm³/mol. The van der Waals surface area contributed by atoms with Crippen LogP contribution in [0.5, 0.6) is 0 Å². The Hall–Kier alpha value is -1.03. The summed E-state index contributed by atoms with van der Waals surface area (Å²) in [6.07, 6.45) is 5.62. The second-order valence-corrected chi connectivity index (χ2v) is 6.11. The van der Waals surface area contributed by atoms with Crippen LogP contribution in [-0.2, 0) is 6.54 Å². The molecular weight excluding hydrogens is 214 g/mol. The maximum absolute atomic E-state index is 5.57. The molecule has 17 heavy (non-hydrogen) atoms. The van der Waals surface area contributed by atoms with E-state index in [0.717, 1.165) is 37.4 Å². The van der Waals surface area contributed by atoms with Crippen LogP contribution in [0.2, 0.25) is 0 Å². The summed E-state index contributed by atoms with van der Waals surface area (Å²) >= 11 is 0. The number of anilines is 1. The molecule has 2 heterocycles. The molecule has 1 saturated heterocycles. The van der Waals surface area contributed by atoms with E-state index in [9.17, 15) is 0 Å². The summed E-state index contributed by atoms with van der Waals surface area (Å²) in [7, 11) is 0. The summed E-state index contributed by atoms with van der Waals surface area (Å²) in [5.41, 5.74) is 1.41. The highest BCUT2D eigenvalue weighted by Gasteiger charge is 2.31. The van der Waals surface area contributed by atoms with Crippen molar-refractivity contribution < 1.29 is 4.42 Å². The van der Waals surface area contributed by atoms with Gasteiger partial charge < -0.3 is 14.6 Å². The monoisotopic (exact) mass is 235 g/mol. The summed E-state index contributed by atoms with van der Waals surface area (Å²) in [4.78, 5) is 6.80. The van der Waals surface area contributed by atoms with Crippen LogP contribution in [0.1, 0.15) is 38.8 Å². The molecule has 94 valence electrons. The molecule has 0 spiro atoms. The van der Waals surface area contributed by atoms with Crippen LogP contribution in [0.3, 0.4) is 0 Å². The molecule has 4 heteroatoms. The Labute approximate surface area is 102 Å². The minimum absolute atomic E-state index is 0.390. The molecule has 1 aromatic rings. The van der Waals surface area contributed by atoms with E-state index in [1.54, 1.807) is 6.26 Å². The van der Waals surface area contributed by atoms with Crippen LogP contribution in [0, 0.1) is 5.41 Å². The number of rotatable bonds is 4. The van der Waals surface area contributed by atoms with Crippen LogP contribution in [0.15, 0.2) is 10.7 Å². The Morgan fingerprint density at radius 1 is 1.53 bits per heavy atom. The van der Waals surface area contributed by atoms with Crippen molar-refractivity contribution in [3.63, 3.8) is 0 Å². The zero-order valence-corrected chi connectivity index (χ0v) is 10.7. The number of oxazole rings is 1. The lowest BCUT2D eigenvalue weighted by Crippen LogP contribution is -2.23. The molecule has 0 atom stereocenters. The molecule has 1 aliphatic carbocycles. The van der Waals surface area contributed by atoms with Gasteiger partial charge in [0.15, 0.2) is 0 Å². The molecule has 0 amide bonds. The minimum atomic E-state index is 0.390. The number of nitrogens with zero attached hydrogens (tertiary/aromatic N) is 2. The van der Waals surface area contributed by atoms with Crippen molar-refractivity contribution in [2.45, 2.75) is 45.7 Å². The third-order valence-corrected chi connectivity index (χ3v) is 3.64. The maximum Gasteiger partial charge on any atom is 0.297 e. The SMILES string of the molecule is CC1(C)CCN(c2nc(CNC3CC3)co2)C1. The molecule has 3 rings (SSSR count). The zero-order chi connectivity index (χ0) is 11.9. The average Bonchev–Trinajstić information content (AvgIpc) is 2.86. The first-order valence-corrected chi connectivity index (χ1v) is 6.55. The van der Waals surface area contributed by atoms with Gasteiger partial charge in [-0.2, -0.15) is 4.98 Å². The van der Waals surface area contributed by atoms with Crippen LogP contribution in [0.25, 0.3) is 0 Å². The Morgan fingerprint density at radius 3 is 3.00 bits per heavy atom. The van der Waals surface area contributed by atoms with E-state index in [4.69, 9.17) is 4.42 Å². The average molecular weight is 235 g/mol. The van der Waals surface area contributed by atoms with Gasteiger partial charge in [0.2, 0.25) is 0 Å². The van der Waals surface area contributed by atoms with Gasteiger partial charge in [0.25, 0.3) is 6.01 Å². The molecule has 4 nitrogen and oxygen atoms in total. The third kappa shape index (κ3) is 2.63. The highest BCUT2D eigenvalue weighted by atomic mass is 16.4. The van der Waals surface area contributed by atoms with Crippen LogP contribution in [0.4, 0.5) is 6.01 Å². The molecular formula is C13H21N3O. The molecule has 1 aliphatic heterocycles. The van der Waals surface area contributed by atoms with Gasteiger partial charge in [0.05, 0.1) is 5.69 Å². The van der Waals surface area contributed by atoms with Crippen molar-refractivity contribution in [3.05, 3.63) is 12.0 Å². The van der Waals surface area contributed by atoms with Gasteiger partial charge in [0, 0.05) is 25.7 Å².